The van der Waals surface area contributed by atoms with E-state index >= 15 is 0 Å². The Balaban J connectivity index is 1.74. The molecule has 0 spiro atoms. The minimum Gasteiger partial charge on any atom is -0.424 e. The molecule has 4 aromatic heterocycles. The molecule has 0 saturated heterocycles. The molecule has 0 aliphatic rings. The Morgan fingerprint density at radius 3 is 2.75 bits per heavy atom. The largest absolute Gasteiger partial charge is 0.424 e. The monoisotopic (exact) mass is 435 g/mol. The van der Waals surface area contributed by atoms with Crippen molar-refractivity contribution in [3.63, 3.8) is 0 Å². The molecular weight excluding hydrogens is 414 g/mol. The molecule has 164 valence electrons. The lowest BCUT2D eigenvalue weighted by molar-refractivity contribution is 0.0763. The first-order valence-corrected chi connectivity index (χ1v) is 9.85. The molecule has 12 heteroatoms. The summed E-state index contributed by atoms with van der Waals surface area (Å²) in [6.07, 6.45) is 3.36. The number of hydrogen-bond acceptors (Lipinski definition) is 8. The summed E-state index contributed by atoms with van der Waals surface area (Å²) < 4.78 is 6.77. The summed E-state index contributed by atoms with van der Waals surface area (Å²) in [6, 6.07) is 6.71. The number of pyridine rings is 2. The third kappa shape index (κ3) is 4.38. The summed E-state index contributed by atoms with van der Waals surface area (Å²) in [5, 5.41) is 17.2. The summed E-state index contributed by atoms with van der Waals surface area (Å²) in [4.78, 5) is 35.2. The number of nitrogens with zero attached hydrogens (tertiary/aromatic N) is 7. The maximum absolute atomic E-state index is 13.3. The molecule has 4 heterocycles. The van der Waals surface area contributed by atoms with Crippen molar-refractivity contribution in [2.45, 2.75) is 20.4 Å². The third-order valence-electron chi connectivity index (χ3n) is 4.50. The van der Waals surface area contributed by atoms with E-state index in [1.807, 2.05) is 6.07 Å². The molecule has 0 saturated carbocycles. The summed E-state index contributed by atoms with van der Waals surface area (Å²) in [7, 11) is 1.62. The maximum Gasteiger partial charge on any atom is 0.321 e. The zero-order valence-corrected chi connectivity index (χ0v) is 17.7. The van der Waals surface area contributed by atoms with Crippen LogP contribution >= 0.6 is 0 Å². The molecule has 3 amide bonds. The lowest BCUT2D eigenvalue weighted by atomic mass is 10.1. The predicted octanol–water partition coefficient (Wildman–Crippen LogP) is 1.90. The van der Waals surface area contributed by atoms with Gasteiger partial charge >= 0.3 is 6.03 Å². The fraction of sp³-hybridized carbons (Fsp3) is 0.250. The first-order valence-electron chi connectivity index (χ1n) is 9.85. The van der Waals surface area contributed by atoms with Crippen LogP contribution < -0.4 is 10.6 Å². The van der Waals surface area contributed by atoms with E-state index in [4.69, 9.17) is 4.42 Å². The minimum atomic E-state index is -0.437. The van der Waals surface area contributed by atoms with Crippen LogP contribution in [0.15, 0.2) is 41.1 Å². The molecule has 0 aliphatic carbocycles. The molecule has 0 bridgehead atoms. The smallest absolute Gasteiger partial charge is 0.321 e. The Hall–Kier alpha value is -4.35. The minimum absolute atomic E-state index is 0.0727. The van der Waals surface area contributed by atoms with Crippen LogP contribution in [0.5, 0.6) is 0 Å². The summed E-state index contributed by atoms with van der Waals surface area (Å²) in [6.45, 7) is 4.05. The van der Waals surface area contributed by atoms with Gasteiger partial charge in [0.15, 0.2) is 5.65 Å². The third-order valence-corrected chi connectivity index (χ3v) is 4.50. The van der Waals surface area contributed by atoms with Crippen molar-refractivity contribution < 1.29 is 14.0 Å². The quantitative estimate of drug-likeness (QED) is 0.467. The standard InChI is InChI=1S/C20H21N9O3/c1-4-22-20(31)24-19-23-16-9-14(13-6-5-7-21-10-13)8-15(29(16)27-19)18(30)28(3)11-17-26-25-12(2)32-17/h5-10H,4,11H2,1-3H3,(H2,22,24,27,31). The van der Waals surface area contributed by atoms with Gasteiger partial charge in [0, 0.05) is 38.5 Å². The van der Waals surface area contributed by atoms with Crippen molar-refractivity contribution in [2.24, 2.45) is 0 Å². The molecule has 2 N–H and O–H groups in total. The fourth-order valence-electron chi connectivity index (χ4n) is 3.07. The number of aryl methyl sites for hydroxylation is 1. The van der Waals surface area contributed by atoms with Gasteiger partial charge < -0.3 is 14.6 Å². The highest BCUT2D eigenvalue weighted by atomic mass is 16.4. The van der Waals surface area contributed by atoms with Crippen molar-refractivity contribution in [1.29, 1.82) is 0 Å². The lowest BCUT2D eigenvalue weighted by Crippen LogP contribution is -2.29. The number of urea groups is 1. The van der Waals surface area contributed by atoms with Gasteiger partial charge in [-0.1, -0.05) is 6.07 Å². The average Bonchev–Trinajstić information content (AvgIpc) is 3.38. The van der Waals surface area contributed by atoms with Gasteiger partial charge in [-0.2, -0.15) is 4.98 Å². The van der Waals surface area contributed by atoms with Gasteiger partial charge in [0.25, 0.3) is 11.9 Å². The van der Waals surface area contributed by atoms with Crippen LogP contribution in [0.2, 0.25) is 0 Å². The molecule has 4 rings (SSSR count). The Morgan fingerprint density at radius 2 is 2.06 bits per heavy atom. The number of fused-ring (bicyclic) bond motifs is 1. The molecule has 32 heavy (non-hydrogen) atoms. The van der Waals surface area contributed by atoms with Crippen molar-refractivity contribution >= 4 is 23.5 Å². The molecule has 0 atom stereocenters. The number of amides is 3. The zero-order valence-electron chi connectivity index (χ0n) is 17.7. The number of anilines is 1. The van der Waals surface area contributed by atoms with Crippen LogP contribution in [0.25, 0.3) is 16.8 Å². The van der Waals surface area contributed by atoms with Crippen molar-refractivity contribution in [2.75, 3.05) is 18.9 Å². The van der Waals surface area contributed by atoms with Gasteiger partial charge in [0.05, 0.1) is 6.54 Å². The number of nitrogens with one attached hydrogen (secondary N) is 2. The van der Waals surface area contributed by atoms with E-state index in [-0.39, 0.29) is 24.1 Å². The van der Waals surface area contributed by atoms with Crippen molar-refractivity contribution in [3.05, 3.63) is 54.1 Å². The van der Waals surface area contributed by atoms with Crippen LogP contribution in [0, 0.1) is 6.92 Å². The number of carbonyl (C=O) groups excluding carboxylic acids is 2. The Labute approximate surface area is 182 Å². The molecular formula is C20H21N9O3. The van der Waals surface area contributed by atoms with Crippen LogP contribution in [0.4, 0.5) is 10.7 Å². The second-order valence-electron chi connectivity index (χ2n) is 6.94. The molecule has 12 nitrogen and oxygen atoms in total. The van der Waals surface area contributed by atoms with E-state index in [0.717, 1.165) is 11.1 Å². The highest BCUT2D eigenvalue weighted by Crippen LogP contribution is 2.23. The van der Waals surface area contributed by atoms with Gasteiger partial charge in [0.1, 0.15) is 5.69 Å². The van der Waals surface area contributed by atoms with Crippen LogP contribution in [0.1, 0.15) is 29.2 Å². The molecule has 0 radical (unpaired) electrons. The van der Waals surface area contributed by atoms with E-state index in [2.05, 4.69) is 35.9 Å². The number of carbonyl (C=O) groups is 2. The van der Waals surface area contributed by atoms with Gasteiger partial charge in [0.2, 0.25) is 11.8 Å². The van der Waals surface area contributed by atoms with E-state index in [1.54, 1.807) is 51.5 Å². The normalized spacial score (nSPS) is 10.8. The number of hydrogen-bond donors (Lipinski definition) is 2. The topological polar surface area (TPSA) is 143 Å². The van der Waals surface area contributed by atoms with Crippen molar-refractivity contribution in [3.8, 4) is 11.1 Å². The zero-order chi connectivity index (χ0) is 22.7. The summed E-state index contributed by atoms with van der Waals surface area (Å²) >= 11 is 0. The highest BCUT2D eigenvalue weighted by Gasteiger charge is 2.21. The molecule has 4 aromatic rings. The van der Waals surface area contributed by atoms with E-state index in [0.29, 0.717) is 24.0 Å². The number of rotatable bonds is 6. The average molecular weight is 435 g/mol. The second-order valence-corrected chi connectivity index (χ2v) is 6.94. The van der Waals surface area contributed by atoms with Gasteiger partial charge in [-0.15, -0.1) is 15.3 Å². The highest BCUT2D eigenvalue weighted by molar-refractivity contribution is 5.95. The summed E-state index contributed by atoms with van der Waals surface area (Å²) in [5.74, 6) is 0.462. The maximum atomic E-state index is 13.3. The first kappa shape index (κ1) is 20.9. The second kappa shape index (κ2) is 8.79. The van der Waals surface area contributed by atoms with E-state index in [1.165, 1.54) is 9.42 Å². The first-order chi connectivity index (χ1) is 15.4. The Bertz CT molecular complexity index is 1270. The van der Waals surface area contributed by atoms with Gasteiger partial charge in [-0.3, -0.25) is 15.1 Å². The van der Waals surface area contributed by atoms with E-state index in [9.17, 15) is 9.59 Å². The SMILES string of the molecule is CCNC(=O)Nc1nc2cc(-c3cccnc3)cc(C(=O)N(C)Cc3nnc(C)o3)n2n1. The predicted molar refractivity (Wildman–Crippen MR) is 114 cm³/mol. The van der Waals surface area contributed by atoms with Crippen LogP contribution in [0.3, 0.4) is 0 Å². The lowest BCUT2D eigenvalue weighted by Gasteiger charge is -2.16. The van der Waals surface area contributed by atoms with Gasteiger partial charge in [-0.25, -0.2) is 9.31 Å². The Kier molecular flexibility index (Phi) is 5.75. The molecule has 0 aromatic carbocycles. The van der Waals surface area contributed by atoms with Gasteiger partial charge in [-0.05, 0) is 30.7 Å². The molecule has 0 aliphatic heterocycles. The summed E-state index contributed by atoms with van der Waals surface area (Å²) in [5.41, 5.74) is 2.17. The number of aromatic nitrogens is 6. The van der Waals surface area contributed by atoms with Crippen LogP contribution in [-0.2, 0) is 6.54 Å². The Morgan fingerprint density at radius 1 is 1.22 bits per heavy atom. The molecule has 0 fully saturated rings. The van der Waals surface area contributed by atoms with Crippen molar-refractivity contribution in [1.82, 2.24) is 40.0 Å². The molecule has 0 unspecified atom stereocenters. The van der Waals surface area contributed by atoms with Crippen LogP contribution in [-0.4, -0.2) is 60.2 Å². The fourth-order valence-corrected chi connectivity index (χ4v) is 3.07. The van der Waals surface area contributed by atoms with E-state index < -0.39 is 6.03 Å².